The van der Waals surface area contributed by atoms with E-state index in [1.54, 1.807) is 17.4 Å². The SMILES string of the molecule is CCc1ccccc1NC(=O)NCCn1nc(-c2sc(C)nc2C)ccc1=O. The van der Waals surface area contributed by atoms with Gasteiger partial charge < -0.3 is 10.6 Å². The number of hydrogen-bond acceptors (Lipinski definition) is 5. The van der Waals surface area contributed by atoms with E-state index < -0.39 is 0 Å². The number of amides is 2. The maximum atomic E-state index is 12.2. The maximum absolute atomic E-state index is 12.2. The van der Waals surface area contributed by atoms with E-state index in [2.05, 4.69) is 20.7 Å². The highest BCUT2D eigenvalue weighted by atomic mass is 32.1. The van der Waals surface area contributed by atoms with Gasteiger partial charge in [0.25, 0.3) is 5.56 Å². The Morgan fingerprint density at radius 3 is 2.68 bits per heavy atom. The first-order valence-electron chi connectivity index (χ1n) is 9.13. The van der Waals surface area contributed by atoms with E-state index in [-0.39, 0.29) is 24.7 Å². The van der Waals surface area contributed by atoms with Crippen LogP contribution in [0.25, 0.3) is 10.6 Å². The predicted octanol–water partition coefficient (Wildman–Crippen LogP) is 3.37. The lowest BCUT2D eigenvalue weighted by molar-refractivity contribution is 0.251. The molecule has 0 saturated heterocycles. The molecule has 0 saturated carbocycles. The van der Waals surface area contributed by atoms with E-state index in [0.717, 1.165) is 33.3 Å². The first-order chi connectivity index (χ1) is 13.5. The highest BCUT2D eigenvalue weighted by Gasteiger charge is 2.11. The van der Waals surface area contributed by atoms with Crippen molar-refractivity contribution in [1.82, 2.24) is 20.1 Å². The number of carbonyl (C=O) groups is 1. The zero-order chi connectivity index (χ0) is 20.1. The molecule has 0 radical (unpaired) electrons. The Bertz CT molecular complexity index is 1040. The highest BCUT2D eigenvalue weighted by Crippen LogP contribution is 2.27. The Morgan fingerprint density at radius 1 is 1.18 bits per heavy atom. The highest BCUT2D eigenvalue weighted by molar-refractivity contribution is 7.15. The standard InChI is InChI=1S/C20H23N5O2S/c1-4-15-7-5-6-8-16(15)23-20(27)21-11-12-25-18(26)10-9-17(24-25)19-13(2)22-14(3)28-19/h5-10H,4,11-12H2,1-3H3,(H2,21,23,27). The van der Waals surface area contributed by atoms with Crippen molar-refractivity contribution in [1.29, 1.82) is 0 Å². The number of nitrogens with zero attached hydrogens (tertiary/aromatic N) is 3. The zero-order valence-corrected chi connectivity index (χ0v) is 17.0. The summed E-state index contributed by atoms with van der Waals surface area (Å²) in [6.07, 6.45) is 0.832. The van der Waals surface area contributed by atoms with Crippen LogP contribution < -0.4 is 16.2 Å². The molecule has 1 aromatic carbocycles. The second kappa shape index (κ2) is 8.79. The number of para-hydroxylation sites is 1. The third kappa shape index (κ3) is 4.64. The molecule has 2 aromatic heterocycles. The van der Waals surface area contributed by atoms with Gasteiger partial charge in [-0.3, -0.25) is 4.79 Å². The van der Waals surface area contributed by atoms with Crippen LogP contribution in [0.1, 0.15) is 23.2 Å². The minimum Gasteiger partial charge on any atom is -0.336 e. The minimum atomic E-state index is -0.306. The molecule has 3 rings (SSSR count). The van der Waals surface area contributed by atoms with Crippen LogP contribution >= 0.6 is 11.3 Å². The number of hydrogen-bond donors (Lipinski definition) is 2. The molecule has 0 aliphatic carbocycles. The summed E-state index contributed by atoms with van der Waals surface area (Å²) in [5.41, 5.74) is 3.26. The van der Waals surface area contributed by atoms with Crippen LogP contribution in [0.15, 0.2) is 41.2 Å². The first-order valence-corrected chi connectivity index (χ1v) is 9.95. The molecule has 2 amide bonds. The summed E-state index contributed by atoms with van der Waals surface area (Å²) >= 11 is 1.55. The van der Waals surface area contributed by atoms with E-state index in [9.17, 15) is 9.59 Å². The van der Waals surface area contributed by atoms with Gasteiger partial charge in [0, 0.05) is 18.3 Å². The lowest BCUT2D eigenvalue weighted by Gasteiger charge is -2.11. The topological polar surface area (TPSA) is 88.9 Å². The number of thiazole rings is 1. The lowest BCUT2D eigenvalue weighted by atomic mass is 10.1. The first kappa shape index (κ1) is 19.8. The molecule has 2 N–H and O–H groups in total. The molecular formula is C20H23N5O2S. The number of urea groups is 1. The average Bonchev–Trinajstić information content (AvgIpc) is 3.02. The Labute approximate surface area is 167 Å². The van der Waals surface area contributed by atoms with E-state index in [4.69, 9.17) is 0 Å². The largest absolute Gasteiger partial charge is 0.336 e. The molecule has 0 bridgehead atoms. The van der Waals surface area contributed by atoms with Crippen LogP contribution in [-0.4, -0.2) is 27.3 Å². The van der Waals surface area contributed by atoms with Gasteiger partial charge in [-0.15, -0.1) is 11.3 Å². The summed E-state index contributed by atoms with van der Waals surface area (Å²) in [4.78, 5) is 29.6. The number of anilines is 1. The smallest absolute Gasteiger partial charge is 0.319 e. The van der Waals surface area contributed by atoms with E-state index in [1.807, 2.05) is 45.0 Å². The molecule has 0 atom stereocenters. The number of rotatable bonds is 6. The Kier molecular flexibility index (Phi) is 6.20. The summed E-state index contributed by atoms with van der Waals surface area (Å²) in [5, 5.41) is 11.0. The molecule has 0 fully saturated rings. The Hall–Kier alpha value is -3.00. The van der Waals surface area contributed by atoms with Crippen molar-refractivity contribution < 1.29 is 4.79 Å². The van der Waals surface area contributed by atoms with Gasteiger partial charge in [0.05, 0.1) is 22.1 Å². The molecule has 2 heterocycles. The molecule has 0 spiro atoms. The number of nitrogens with one attached hydrogen (secondary N) is 2. The third-order valence-electron chi connectivity index (χ3n) is 4.26. The van der Waals surface area contributed by atoms with Crippen LogP contribution in [0.2, 0.25) is 0 Å². The van der Waals surface area contributed by atoms with Gasteiger partial charge in [-0.1, -0.05) is 25.1 Å². The van der Waals surface area contributed by atoms with Crippen molar-refractivity contribution >= 4 is 23.1 Å². The van der Waals surface area contributed by atoms with Crippen LogP contribution in [0, 0.1) is 13.8 Å². The number of aryl methyl sites for hydroxylation is 3. The van der Waals surface area contributed by atoms with Crippen LogP contribution in [0.4, 0.5) is 10.5 Å². The van der Waals surface area contributed by atoms with Gasteiger partial charge in [0.1, 0.15) is 5.69 Å². The normalized spacial score (nSPS) is 10.7. The molecule has 7 nitrogen and oxygen atoms in total. The summed E-state index contributed by atoms with van der Waals surface area (Å²) in [5.74, 6) is 0. The van der Waals surface area contributed by atoms with Gasteiger partial charge in [-0.25, -0.2) is 14.5 Å². The third-order valence-corrected chi connectivity index (χ3v) is 5.35. The fraction of sp³-hybridized carbons (Fsp3) is 0.300. The minimum absolute atomic E-state index is 0.207. The fourth-order valence-electron chi connectivity index (χ4n) is 2.89. The fourth-order valence-corrected chi connectivity index (χ4v) is 3.78. The number of carbonyl (C=O) groups excluding carboxylic acids is 1. The molecule has 3 aromatic rings. The second-order valence-electron chi connectivity index (χ2n) is 6.32. The van der Waals surface area contributed by atoms with Gasteiger partial charge in [-0.2, -0.15) is 5.10 Å². The van der Waals surface area contributed by atoms with Crippen molar-refractivity contribution in [3.63, 3.8) is 0 Å². The summed E-state index contributed by atoms with van der Waals surface area (Å²) in [6.45, 7) is 6.48. The average molecular weight is 398 g/mol. The van der Waals surface area contributed by atoms with Gasteiger partial charge in [0.2, 0.25) is 0 Å². The predicted molar refractivity (Wildman–Crippen MR) is 112 cm³/mol. The van der Waals surface area contributed by atoms with Crippen molar-refractivity contribution in [3.8, 4) is 10.6 Å². The van der Waals surface area contributed by atoms with E-state index in [1.165, 1.54) is 10.7 Å². The lowest BCUT2D eigenvalue weighted by Crippen LogP contribution is -2.34. The van der Waals surface area contributed by atoms with E-state index >= 15 is 0 Å². The molecule has 28 heavy (non-hydrogen) atoms. The molecule has 146 valence electrons. The molecule has 8 heteroatoms. The van der Waals surface area contributed by atoms with Crippen molar-refractivity contribution in [2.45, 2.75) is 33.7 Å². The number of benzene rings is 1. The quantitative estimate of drug-likeness (QED) is 0.667. The maximum Gasteiger partial charge on any atom is 0.319 e. The monoisotopic (exact) mass is 397 g/mol. The molecular weight excluding hydrogens is 374 g/mol. The molecule has 0 aliphatic rings. The van der Waals surface area contributed by atoms with Crippen LogP contribution in [0.3, 0.4) is 0 Å². The molecule has 0 unspecified atom stereocenters. The Balaban J connectivity index is 1.63. The zero-order valence-electron chi connectivity index (χ0n) is 16.2. The van der Waals surface area contributed by atoms with Gasteiger partial charge in [-0.05, 0) is 38.0 Å². The van der Waals surface area contributed by atoms with Crippen molar-refractivity contribution in [2.24, 2.45) is 0 Å². The van der Waals surface area contributed by atoms with E-state index in [0.29, 0.717) is 5.69 Å². The van der Waals surface area contributed by atoms with Crippen molar-refractivity contribution in [3.05, 3.63) is 63.0 Å². The summed E-state index contributed by atoms with van der Waals surface area (Å²) < 4.78 is 1.37. The van der Waals surface area contributed by atoms with Crippen LogP contribution in [0.5, 0.6) is 0 Å². The van der Waals surface area contributed by atoms with Crippen LogP contribution in [-0.2, 0) is 13.0 Å². The van der Waals surface area contributed by atoms with Gasteiger partial charge in [0.15, 0.2) is 0 Å². The molecule has 0 aliphatic heterocycles. The summed E-state index contributed by atoms with van der Waals surface area (Å²) in [6, 6.07) is 10.6. The summed E-state index contributed by atoms with van der Waals surface area (Å²) in [7, 11) is 0. The van der Waals surface area contributed by atoms with Crippen molar-refractivity contribution in [2.75, 3.05) is 11.9 Å². The van der Waals surface area contributed by atoms with Gasteiger partial charge >= 0.3 is 6.03 Å². The Morgan fingerprint density at radius 2 is 1.96 bits per heavy atom. The number of aromatic nitrogens is 3. The second-order valence-corrected chi connectivity index (χ2v) is 7.52.